The predicted molar refractivity (Wildman–Crippen MR) is 125 cm³/mol. The van der Waals surface area contributed by atoms with E-state index in [1.54, 1.807) is 0 Å². The van der Waals surface area contributed by atoms with Gasteiger partial charge in [-0.2, -0.15) is 0 Å². The quantitative estimate of drug-likeness (QED) is 0.156. The average molecular weight is 473 g/mol. The summed E-state index contributed by atoms with van der Waals surface area (Å²) in [5, 5.41) is 17.7. The third kappa shape index (κ3) is 18.0. The third-order valence-corrected chi connectivity index (χ3v) is 5.74. The SMILES string of the molecule is CCCCC(=O)OCC(CCCCCC(=O)O)(CCCCCC(=O)O)COC(=O)CCCC. The van der Waals surface area contributed by atoms with Gasteiger partial charge in [0, 0.05) is 31.1 Å². The maximum Gasteiger partial charge on any atom is 0.305 e. The summed E-state index contributed by atoms with van der Waals surface area (Å²) in [4.78, 5) is 45.9. The Bertz CT molecular complexity index is 523. The van der Waals surface area contributed by atoms with E-state index in [0.717, 1.165) is 51.4 Å². The van der Waals surface area contributed by atoms with Crippen molar-refractivity contribution in [2.45, 2.75) is 117 Å². The lowest BCUT2D eigenvalue weighted by molar-refractivity contribution is -0.155. The molecule has 0 saturated heterocycles. The number of rotatable bonds is 22. The predicted octanol–water partition coefficient (Wildman–Crippen LogP) is 5.51. The molecule has 8 nitrogen and oxygen atoms in total. The highest BCUT2D eigenvalue weighted by Gasteiger charge is 2.33. The van der Waals surface area contributed by atoms with E-state index >= 15 is 0 Å². The van der Waals surface area contributed by atoms with E-state index in [9.17, 15) is 19.2 Å². The van der Waals surface area contributed by atoms with Crippen LogP contribution in [0.25, 0.3) is 0 Å². The summed E-state index contributed by atoms with van der Waals surface area (Å²) in [6.45, 7) is 4.30. The molecule has 0 atom stereocenters. The minimum absolute atomic E-state index is 0.111. The van der Waals surface area contributed by atoms with Crippen LogP contribution >= 0.6 is 0 Å². The van der Waals surface area contributed by atoms with Gasteiger partial charge in [-0.15, -0.1) is 0 Å². The molecule has 2 N–H and O–H groups in total. The topological polar surface area (TPSA) is 127 Å². The van der Waals surface area contributed by atoms with Crippen LogP contribution in [0.15, 0.2) is 0 Å². The minimum Gasteiger partial charge on any atom is -0.481 e. The zero-order valence-corrected chi connectivity index (χ0v) is 20.6. The van der Waals surface area contributed by atoms with Crippen LogP contribution in [0.5, 0.6) is 0 Å². The fourth-order valence-electron chi connectivity index (χ4n) is 3.62. The van der Waals surface area contributed by atoms with Gasteiger partial charge in [-0.05, 0) is 38.5 Å². The smallest absolute Gasteiger partial charge is 0.305 e. The van der Waals surface area contributed by atoms with Crippen molar-refractivity contribution in [3.63, 3.8) is 0 Å². The number of carboxylic acids is 2. The number of esters is 2. The summed E-state index contributed by atoms with van der Waals surface area (Å²) in [5.74, 6) is -2.19. The van der Waals surface area contributed by atoms with Gasteiger partial charge < -0.3 is 19.7 Å². The lowest BCUT2D eigenvalue weighted by atomic mass is 9.79. The van der Waals surface area contributed by atoms with Crippen LogP contribution in [0.1, 0.15) is 117 Å². The largest absolute Gasteiger partial charge is 0.481 e. The van der Waals surface area contributed by atoms with Crippen molar-refractivity contribution < 1.29 is 38.9 Å². The maximum atomic E-state index is 12.2. The monoisotopic (exact) mass is 472 g/mol. The van der Waals surface area contributed by atoms with Gasteiger partial charge in [0.1, 0.15) is 13.2 Å². The van der Waals surface area contributed by atoms with Crippen molar-refractivity contribution in [2.75, 3.05) is 13.2 Å². The molecule has 0 aliphatic carbocycles. The Morgan fingerprint density at radius 1 is 0.576 bits per heavy atom. The van der Waals surface area contributed by atoms with E-state index in [1.807, 2.05) is 13.8 Å². The van der Waals surface area contributed by atoms with Gasteiger partial charge in [0.25, 0.3) is 0 Å². The maximum absolute atomic E-state index is 12.2. The van der Waals surface area contributed by atoms with E-state index in [4.69, 9.17) is 19.7 Å². The molecule has 0 aromatic carbocycles. The number of carboxylic acid groups (broad SMARTS) is 2. The van der Waals surface area contributed by atoms with E-state index in [2.05, 4.69) is 0 Å². The first-order chi connectivity index (χ1) is 15.7. The molecule has 0 saturated carbocycles. The molecule has 0 heterocycles. The van der Waals surface area contributed by atoms with Gasteiger partial charge in [-0.1, -0.05) is 52.4 Å². The van der Waals surface area contributed by atoms with Gasteiger partial charge in [-0.25, -0.2) is 0 Å². The van der Waals surface area contributed by atoms with Crippen LogP contribution in [0.4, 0.5) is 0 Å². The first-order valence-corrected chi connectivity index (χ1v) is 12.5. The molecule has 192 valence electrons. The van der Waals surface area contributed by atoms with E-state index in [0.29, 0.717) is 38.5 Å². The highest BCUT2D eigenvalue weighted by Crippen LogP contribution is 2.33. The zero-order valence-electron chi connectivity index (χ0n) is 20.6. The van der Waals surface area contributed by atoms with Gasteiger partial charge >= 0.3 is 23.9 Å². The Balaban J connectivity index is 5.17. The third-order valence-electron chi connectivity index (χ3n) is 5.74. The lowest BCUT2D eigenvalue weighted by Gasteiger charge is -2.33. The van der Waals surface area contributed by atoms with Crippen molar-refractivity contribution in [1.82, 2.24) is 0 Å². The molecule has 0 bridgehead atoms. The summed E-state index contributed by atoms with van der Waals surface area (Å²) in [6, 6.07) is 0. The van der Waals surface area contributed by atoms with Crippen molar-refractivity contribution in [3.8, 4) is 0 Å². The van der Waals surface area contributed by atoms with Gasteiger partial charge in [0.05, 0.1) is 0 Å². The molecule has 0 radical (unpaired) electrons. The van der Waals surface area contributed by atoms with Crippen LogP contribution in [0, 0.1) is 5.41 Å². The number of hydrogen-bond donors (Lipinski definition) is 2. The lowest BCUT2D eigenvalue weighted by Crippen LogP contribution is -2.35. The molecular weight excluding hydrogens is 428 g/mol. The van der Waals surface area contributed by atoms with Crippen molar-refractivity contribution in [2.24, 2.45) is 5.41 Å². The molecule has 33 heavy (non-hydrogen) atoms. The number of aliphatic carboxylic acids is 2. The Kier molecular flexibility index (Phi) is 18.1. The minimum atomic E-state index is -0.825. The highest BCUT2D eigenvalue weighted by molar-refractivity contribution is 5.70. The summed E-state index contributed by atoms with van der Waals surface area (Å²) < 4.78 is 11.2. The second kappa shape index (κ2) is 19.4. The zero-order chi connectivity index (χ0) is 25.0. The Labute approximate surface area is 198 Å². The normalized spacial score (nSPS) is 11.2. The second-order valence-corrected chi connectivity index (χ2v) is 8.94. The molecule has 0 amide bonds. The van der Waals surface area contributed by atoms with Crippen LogP contribution in [-0.4, -0.2) is 47.3 Å². The number of ether oxygens (including phenoxy) is 2. The molecule has 0 unspecified atom stereocenters. The standard InChI is InChI=1S/C25H44O8/c1-3-5-15-23(30)32-19-25(17-11-7-9-13-21(26)27,18-12-8-10-14-22(28)29)20-33-24(31)16-6-4-2/h3-20H2,1-2H3,(H,26,27)(H,28,29). The van der Waals surface area contributed by atoms with Gasteiger partial charge in [-0.3, -0.25) is 19.2 Å². The molecule has 0 aliphatic heterocycles. The number of carbonyl (C=O) groups excluding carboxylic acids is 2. The Morgan fingerprint density at radius 2 is 0.970 bits per heavy atom. The Morgan fingerprint density at radius 3 is 1.30 bits per heavy atom. The number of unbranched alkanes of at least 4 members (excludes halogenated alkanes) is 6. The summed E-state index contributed by atoms with van der Waals surface area (Å²) in [7, 11) is 0. The molecule has 0 rings (SSSR count). The summed E-state index contributed by atoms with van der Waals surface area (Å²) in [5.41, 5.74) is -0.545. The van der Waals surface area contributed by atoms with Crippen LogP contribution < -0.4 is 0 Å². The second-order valence-electron chi connectivity index (χ2n) is 8.94. The molecule has 0 aliphatic rings. The average Bonchev–Trinajstić information content (AvgIpc) is 2.77. The fraction of sp³-hybridized carbons (Fsp3) is 0.840. The van der Waals surface area contributed by atoms with E-state index < -0.39 is 17.4 Å². The highest BCUT2D eigenvalue weighted by atomic mass is 16.5. The van der Waals surface area contributed by atoms with E-state index in [1.165, 1.54) is 0 Å². The first-order valence-electron chi connectivity index (χ1n) is 12.5. The fourth-order valence-corrected chi connectivity index (χ4v) is 3.62. The number of carbonyl (C=O) groups is 4. The molecule has 0 aromatic heterocycles. The van der Waals surface area contributed by atoms with Crippen LogP contribution in [0.3, 0.4) is 0 Å². The summed E-state index contributed by atoms with van der Waals surface area (Å²) in [6.07, 6.45) is 9.55. The Hall–Kier alpha value is -2.12. The van der Waals surface area contributed by atoms with Crippen molar-refractivity contribution in [1.29, 1.82) is 0 Å². The molecule has 0 fully saturated rings. The van der Waals surface area contributed by atoms with Crippen molar-refractivity contribution in [3.05, 3.63) is 0 Å². The molecule has 0 spiro atoms. The number of hydrogen-bond acceptors (Lipinski definition) is 6. The molecule has 8 heteroatoms. The molecular formula is C25H44O8. The molecule has 0 aromatic rings. The first kappa shape index (κ1) is 30.9. The van der Waals surface area contributed by atoms with Gasteiger partial charge in [0.15, 0.2) is 0 Å². The van der Waals surface area contributed by atoms with Gasteiger partial charge in [0.2, 0.25) is 0 Å². The van der Waals surface area contributed by atoms with Crippen LogP contribution in [0.2, 0.25) is 0 Å². The summed E-state index contributed by atoms with van der Waals surface area (Å²) >= 11 is 0. The van der Waals surface area contributed by atoms with E-state index in [-0.39, 0.29) is 38.0 Å². The van der Waals surface area contributed by atoms with Crippen LogP contribution in [-0.2, 0) is 28.7 Å². The van der Waals surface area contributed by atoms with Crippen molar-refractivity contribution >= 4 is 23.9 Å².